The van der Waals surface area contributed by atoms with Crippen molar-refractivity contribution < 1.29 is 14.2 Å². The van der Waals surface area contributed by atoms with E-state index in [9.17, 15) is 0 Å². The fourth-order valence-corrected chi connectivity index (χ4v) is 2.75. The van der Waals surface area contributed by atoms with Crippen molar-refractivity contribution >= 4 is 29.9 Å². The third-order valence-corrected chi connectivity index (χ3v) is 4.27. The summed E-state index contributed by atoms with van der Waals surface area (Å²) in [6, 6.07) is 10.1. The maximum Gasteiger partial charge on any atom is 0.188 e. The van der Waals surface area contributed by atoms with E-state index in [-0.39, 0.29) is 24.0 Å². The molecule has 0 unspecified atom stereocenters. The van der Waals surface area contributed by atoms with Gasteiger partial charge in [0, 0.05) is 32.8 Å². The van der Waals surface area contributed by atoms with E-state index in [1.807, 2.05) is 18.2 Å². The third kappa shape index (κ3) is 12.5. The molecule has 0 radical (unpaired) electrons. The van der Waals surface area contributed by atoms with Gasteiger partial charge in [-0.2, -0.15) is 0 Å². The van der Waals surface area contributed by atoms with Crippen LogP contribution in [0.25, 0.3) is 0 Å². The van der Waals surface area contributed by atoms with E-state index in [0.29, 0.717) is 38.9 Å². The number of morpholine rings is 1. The van der Waals surface area contributed by atoms with Gasteiger partial charge >= 0.3 is 0 Å². The number of ether oxygens (including phenoxy) is 3. The highest BCUT2D eigenvalue weighted by Gasteiger charge is 2.08. The van der Waals surface area contributed by atoms with Gasteiger partial charge in [-0.05, 0) is 24.9 Å². The summed E-state index contributed by atoms with van der Waals surface area (Å²) in [5.41, 5.74) is 7.05. The number of aliphatic imine (C=N–C) groups is 1. The summed E-state index contributed by atoms with van der Waals surface area (Å²) >= 11 is 0. The van der Waals surface area contributed by atoms with Crippen LogP contribution in [0.1, 0.15) is 18.4 Å². The highest BCUT2D eigenvalue weighted by atomic mass is 127. The van der Waals surface area contributed by atoms with Crippen LogP contribution < -0.4 is 11.1 Å². The minimum absolute atomic E-state index is 0. The van der Waals surface area contributed by atoms with Crippen LogP contribution in [0.4, 0.5) is 0 Å². The summed E-state index contributed by atoms with van der Waals surface area (Å²) in [5.74, 6) is 0.517. The maximum atomic E-state index is 5.87. The molecule has 1 aliphatic rings. The normalized spacial score (nSPS) is 15.2. The first kappa shape index (κ1) is 25.1. The smallest absolute Gasteiger partial charge is 0.188 e. The molecule has 0 amide bonds. The van der Waals surface area contributed by atoms with Crippen molar-refractivity contribution in [1.29, 1.82) is 0 Å². The number of rotatable bonds is 13. The van der Waals surface area contributed by atoms with Crippen LogP contribution in [-0.4, -0.2) is 76.6 Å². The molecule has 2 rings (SSSR count). The van der Waals surface area contributed by atoms with Gasteiger partial charge in [0.1, 0.15) is 0 Å². The molecule has 0 aliphatic carbocycles. The van der Waals surface area contributed by atoms with Crippen molar-refractivity contribution in [1.82, 2.24) is 10.2 Å². The van der Waals surface area contributed by atoms with Crippen LogP contribution >= 0.6 is 24.0 Å². The lowest BCUT2D eigenvalue weighted by atomic mass is 10.2. The van der Waals surface area contributed by atoms with Gasteiger partial charge in [-0.15, -0.1) is 24.0 Å². The number of halogens is 1. The lowest BCUT2D eigenvalue weighted by molar-refractivity contribution is 0.0376. The zero-order chi connectivity index (χ0) is 19.0. The summed E-state index contributed by atoms with van der Waals surface area (Å²) in [6.45, 7) is 8.85. The number of nitrogens with one attached hydrogen (secondary N) is 1. The first-order chi connectivity index (χ1) is 13.3. The van der Waals surface area contributed by atoms with Crippen molar-refractivity contribution in [3.63, 3.8) is 0 Å². The van der Waals surface area contributed by atoms with E-state index in [2.05, 4.69) is 27.3 Å². The van der Waals surface area contributed by atoms with Crippen molar-refractivity contribution in [2.75, 3.05) is 65.8 Å². The van der Waals surface area contributed by atoms with E-state index >= 15 is 0 Å². The molecule has 3 N–H and O–H groups in total. The van der Waals surface area contributed by atoms with E-state index in [1.54, 1.807) is 0 Å². The second-order valence-electron chi connectivity index (χ2n) is 6.51. The van der Waals surface area contributed by atoms with Gasteiger partial charge < -0.3 is 25.3 Å². The predicted octanol–water partition coefficient (Wildman–Crippen LogP) is 1.85. The molecule has 1 aliphatic heterocycles. The second-order valence-corrected chi connectivity index (χ2v) is 6.51. The second kappa shape index (κ2) is 17.0. The molecule has 1 heterocycles. The molecule has 0 aromatic heterocycles. The average Bonchev–Trinajstić information content (AvgIpc) is 2.71. The van der Waals surface area contributed by atoms with Crippen LogP contribution in [-0.2, 0) is 20.8 Å². The van der Waals surface area contributed by atoms with E-state index in [4.69, 9.17) is 19.9 Å². The summed E-state index contributed by atoms with van der Waals surface area (Å²) in [7, 11) is 0. The molecule has 0 saturated carbocycles. The molecular formula is C20H35IN4O3. The molecular weight excluding hydrogens is 471 g/mol. The Morgan fingerprint density at radius 3 is 2.61 bits per heavy atom. The molecule has 1 saturated heterocycles. The Kier molecular flexibility index (Phi) is 15.2. The van der Waals surface area contributed by atoms with Gasteiger partial charge in [0.2, 0.25) is 0 Å². The van der Waals surface area contributed by atoms with Crippen LogP contribution in [0.3, 0.4) is 0 Å². The molecule has 8 heteroatoms. The van der Waals surface area contributed by atoms with Crippen molar-refractivity contribution in [2.45, 2.75) is 19.4 Å². The van der Waals surface area contributed by atoms with E-state index in [0.717, 1.165) is 52.2 Å². The Labute approximate surface area is 186 Å². The van der Waals surface area contributed by atoms with Gasteiger partial charge in [0.15, 0.2) is 5.96 Å². The molecule has 0 spiro atoms. The average molecular weight is 506 g/mol. The maximum absolute atomic E-state index is 5.87. The molecule has 0 atom stereocenters. The van der Waals surface area contributed by atoms with Gasteiger partial charge in [0.05, 0.1) is 33.0 Å². The first-order valence-corrected chi connectivity index (χ1v) is 9.88. The van der Waals surface area contributed by atoms with E-state index < -0.39 is 0 Å². The lowest BCUT2D eigenvalue weighted by Gasteiger charge is -2.26. The van der Waals surface area contributed by atoms with Crippen LogP contribution in [0.2, 0.25) is 0 Å². The fraction of sp³-hybridized carbons (Fsp3) is 0.650. The number of benzene rings is 1. The van der Waals surface area contributed by atoms with Gasteiger partial charge in [-0.1, -0.05) is 30.3 Å². The molecule has 0 bridgehead atoms. The first-order valence-electron chi connectivity index (χ1n) is 9.88. The van der Waals surface area contributed by atoms with Crippen LogP contribution in [0.5, 0.6) is 0 Å². The van der Waals surface area contributed by atoms with Crippen LogP contribution in [0, 0.1) is 0 Å². The summed E-state index contributed by atoms with van der Waals surface area (Å²) < 4.78 is 16.5. The van der Waals surface area contributed by atoms with Gasteiger partial charge in [0.25, 0.3) is 0 Å². The quantitative estimate of drug-likeness (QED) is 0.184. The Hall–Kier alpha value is -0.940. The van der Waals surface area contributed by atoms with Crippen molar-refractivity contribution in [3.8, 4) is 0 Å². The SMILES string of the molecule is I.NC(=NCCCOCCOCc1ccccc1)NCCCN1CCOCC1. The van der Waals surface area contributed by atoms with Gasteiger partial charge in [-0.25, -0.2) is 0 Å². The minimum Gasteiger partial charge on any atom is -0.379 e. The predicted molar refractivity (Wildman–Crippen MR) is 123 cm³/mol. The number of nitrogens with two attached hydrogens (primary N) is 1. The molecule has 28 heavy (non-hydrogen) atoms. The monoisotopic (exact) mass is 506 g/mol. The van der Waals surface area contributed by atoms with Gasteiger partial charge in [-0.3, -0.25) is 9.89 Å². The molecule has 1 aromatic rings. The Morgan fingerprint density at radius 2 is 1.82 bits per heavy atom. The summed E-state index contributed by atoms with van der Waals surface area (Å²) in [5, 5.41) is 3.17. The largest absolute Gasteiger partial charge is 0.379 e. The highest BCUT2D eigenvalue weighted by Crippen LogP contribution is 2.00. The third-order valence-electron chi connectivity index (χ3n) is 4.27. The zero-order valence-electron chi connectivity index (χ0n) is 16.7. The highest BCUT2D eigenvalue weighted by molar-refractivity contribution is 14.0. The number of nitrogens with zero attached hydrogens (tertiary/aromatic N) is 2. The number of guanidine groups is 1. The topological polar surface area (TPSA) is 81.3 Å². The zero-order valence-corrected chi connectivity index (χ0v) is 19.0. The van der Waals surface area contributed by atoms with Crippen molar-refractivity contribution in [2.24, 2.45) is 10.7 Å². The summed E-state index contributed by atoms with van der Waals surface area (Å²) in [6.07, 6.45) is 1.91. The molecule has 1 fully saturated rings. The standard InChI is InChI=1S/C20H34N4O3.HI/c21-20(22-8-4-10-24-11-14-26-15-12-24)23-9-5-13-25-16-17-27-18-19-6-2-1-3-7-19;/h1-3,6-7H,4-5,8-18H2,(H3,21,22,23);1H. The Balaban J connectivity index is 0.00000392. The number of hydrogen-bond acceptors (Lipinski definition) is 5. The minimum atomic E-state index is 0. The molecule has 1 aromatic carbocycles. The summed E-state index contributed by atoms with van der Waals surface area (Å²) in [4.78, 5) is 6.74. The van der Waals surface area contributed by atoms with Crippen molar-refractivity contribution in [3.05, 3.63) is 35.9 Å². The lowest BCUT2D eigenvalue weighted by Crippen LogP contribution is -2.39. The Morgan fingerprint density at radius 1 is 1.07 bits per heavy atom. The van der Waals surface area contributed by atoms with Crippen LogP contribution in [0.15, 0.2) is 35.3 Å². The molecule has 7 nitrogen and oxygen atoms in total. The Bertz CT molecular complexity index is 513. The fourth-order valence-electron chi connectivity index (χ4n) is 2.75. The molecule has 160 valence electrons. The number of hydrogen-bond donors (Lipinski definition) is 2. The van der Waals surface area contributed by atoms with E-state index in [1.165, 1.54) is 5.56 Å².